The quantitative estimate of drug-likeness (QED) is 0.698. The van der Waals surface area contributed by atoms with Crippen LogP contribution in [0.25, 0.3) is 11.0 Å². The van der Waals surface area contributed by atoms with E-state index < -0.39 is 23.7 Å². The van der Waals surface area contributed by atoms with E-state index in [4.69, 9.17) is 0 Å². The molecule has 0 radical (unpaired) electrons. The summed E-state index contributed by atoms with van der Waals surface area (Å²) in [6, 6.07) is 0. The number of carbonyl (C=O) groups excluding carboxylic acids is 2. The molecule has 2 N–H and O–H groups in total. The Balaban J connectivity index is 1.58. The van der Waals surface area contributed by atoms with Crippen molar-refractivity contribution in [3.63, 3.8) is 0 Å². The summed E-state index contributed by atoms with van der Waals surface area (Å²) in [5.74, 6) is -1.76. The van der Waals surface area contributed by atoms with Gasteiger partial charge in [-0.2, -0.15) is 23.4 Å². The molecule has 1 fully saturated rings. The summed E-state index contributed by atoms with van der Waals surface area (Å²) in [7, 11) is 1.32. The highest BCUT2D eigenvalue weighted by atomic mass is 32.1. The summed E-state index contributed by atoms with van der Waals surface area (Å²) in [4.78, 5) is 30.1. The second-order valence-electron chi connectivity index (χ2n) is 5.98. The number of rotatable bonds is 3. The normalized spacial score (nSPS) is 17.9. The number of aromatic nitrogens is 5. The molecule has 0 aromatic carbocycles. The number of amides is 2. The molecule has 0 saturated carbocycles. The van der Waals surface area contributed by atoms with E-state index in [0.29, 0.717) is 5.13 Å². The number of H-pyrrole nitrogens is 1. The fourth-order valence-corrected chi connectivity index (χ4v) is 3.64. The smallest absolute Gasteiger partial charge is 0.310 e. The summed E-state index contributed by atoms with van der Waals surface area (Å²) in [6.45, 7) is 0.106. The lowest BCUT2D eigenvalue weighted by molar-refractivity contribution is -0.140. The van der Waals surface area contributed by atoms with Gasteiger partial charge >= 0.3 is 6.18 Å². The van der Waals surface area contributed by atoms with Crippen molar-refractivity contribution in [2.45, 2.75) is 12.6 Å². The van der Waals surface area contributed by atoms with Crippen LogP contribution in [-0.4, -0.2) is 43.3 Å². The molecule has 1 atom stereocenters. The highest BCUT2D eigenvalue weighted by molar-refractivity contribution is 7.13. The van der Waals surface area contributed by atoms with Gasteiger partial charge < -0.3 is 5.32 Å². The molecule has 13 heteroatoms. The number of carbonyl (C=O) groups is 2. The number of aromatic amines is 1. The number of nitrogens with one attached hydrogen (secondary N) is 2. The second kappa shape index (κ2) is 6.04. The molecule has 27 heavy (non-hydrogen) atoms. The third-order valence-electron chi connectivity index (χ3n) is 4.20. The van der Waals surface area contributed by atoms with Crippen LogP contribution in [0.3, 0.4) is 0 Å². The minimum absolute atomic E-state index is 0.0375. The average molecular weight is 399 g/mol. The molecule has 3 aromatic rings. The van der Waals surface area contributed by atoms with Crippen molar-refractivity contribution in [3.05, 3.63) is 17.3 Å². The molecule has 1 aliphatic heterocycles. The maximum absolute atomic E-state index is 13.2. The third kappa shape index (κ3) is 2.93. The van der Waals surface area contributed by atoms with Crippen LogP contribution in [0.5, 0.6) is 0 Å². The standard InChI is InChI=1S/C14H12F3N7O2S/c1-23-11-8(9(22-23)14(15,16)17)10(20-21-11)19-12(26)6-4-7(25)24(5-6)13-18-2-3-27-13/h2-3,6H,4-5H2,1H3,(H2,19,20,21,26). The van der Waals surface area contributed by atoms with Crippen LogP contribution in [-0.2, 0) is 22.8 Å². The van der Waals surface area contributed by atoms with E-state index in [9.17, 15) is 22.8 Å². The zero-order valence-electron chi connectivity index (χ0n) is 13.7. The van der Waals surface area contributed by atoms with Gasteiger partial charge in [0.05, 0.1) is 11.3 Å². The molecule has 0 aliphatic carbocycles. The number of fused-ring (bicyclic) bond motifs is 1. The third-order valence-corrected chi connectivity index (χ3v) is 5.00. The Bertz CT molecular complexity index is 1020. The van der Waals surface area contributed by atoms with E-state index in [0.717, 1.165) is 4.68 Å². The van der Waals surface area contributed by atoms with E-state index >= 15 is 0 Å². The molecule has 1 aliphatic rings. The van der Waals surface area contributed by atoms with E-state index in [2.05, 4.69) is 25.6 Å². The van der Waals surface area contributed by atoms with Crippen molar-refractivity contribution >= 4 is 45.1 Å². The van der Waals surface area contributed by atoms with E-state index in [-0.39, 0.29) is 35.7 Å². The topological polar surface area (TPSA) is 109 Å². The molecule has 1 saturated heterocycles. The van der Waals surface area contributed by atoms with Gasteiger partial charge in [0.25, 0.3) is 0 Å². The van der Waals surface area contributed by atoms with Gasteiger partial charge in [-0.15, -0.1) is 11.3 Å². The van der Waals surface area contributed by atoms with Gasteiger partial charge in [0, 0.05) is 31.6 Å². The highest BCUT2D eigenvalue weighted by Crippen LogP contribution is 2.36. The predicted molar refractivity (Wildman–Crippen MR) is 89.1 cm³/mol. The van der Waals surface area contributed by atoms with Crippen LogP contribution in [0, 0.1) is 5.92 Å². The molecule has 0 bridgehead atoms. The number of hydrogen-bond donors (Lipinski definition) is 2. The number of hydrogen-bond acceptors (Lipinski definition) is 6. The summed E-state index contributed by atoms with van der Waals surface area (Å²) >= 11 is 1.26. The molecule has 2 amide bonds. The lowest BCUT2D eigenvalue weighted by atomic mass is 10.1. The summed E-state index contributed by atoms with van der Waals surface area (Å²) in [5.41, 5.74) is -1.18. The van der Waals surface area contributed by atoms with Crippen molar-refractivity contribution in [2.24, 2.45) is 13.0 Å². The van der Waals surface area contributed by atoms with Crippen molar-refractivity contribution in [3.8, 4) is 0 Å². The van der Waals surface area contributed by atoms with Crippen LogP contribution >= 0.6 is 11.3 Å². The van der Waals surface area contributed by atoms with Gasteiger partial charge in [-0.1, -0.05) is 0 Å². The van der Waals surface area contributed by atoms with Gasteiger partial charge in [0.1, 0.15) is 5.82 Å². The largest absolute Gasteiger partial charge is 0.435 e. The predicted octanol–water partition coefficient (Wildman–Crippen LogP) is 1.76. The molecular formula is C14H12F3N7O2S. The first kappa shape index (κ1) is 17.5. The van der Waals surface area contributed by atoms with Crippen LogP contribution in [0.2, 0.25) is 0 Å². The van der Waals surface area contributed by atoms with Crippen LogP contribution in [0.4, 0.5) is 24.1 Å². The Morgan fingerprint density at radius 2 is 2.22 bits per heavy atom. The Hall–Kier alpha value is -2.96. The van der Waals surface area contributed by atoms with Gasteiger partial charge in [0.15, 0.2) is 16.5 Å². The second-order valence-corrected chi connectivity index (χ2v) is 6.85. The highest BCUT2D eigenvalue weighted by Gasteiger charge is 2.40. The monoisotopic (exact) mass is 399 g/mol. The average Bonchev–Trinajstić information content (AvgIpc) is 3.33. The first-order valence-corrected chi connectivity index (χ1v) is 8.62. The Morgan fingerprint density at radius 3 is 2.89 bits per heavy atom. The zero-order valence-corrected chi connectivity index (χ0v) is 14.6. The zero-order chi connectivity index (χ0) is 19.3. The molecule has 0 spiro atoms. The lowest BCUT2D eigenvalue weighted by Crippen LogP contribution is -2.28. The van der Waals surface area contributed by atoms with Crippen molar-refractivity contribution in [2.75, 3.05) is 16.8 Å². The van der Waals surface area contributed by atoms with Gasteiger partial charge in [-0.3, -0.25) is 19.6 Å². The number of alkyl halides is 3. The maximum Gasteiger partial charge on any atom is 0.435 e. The van der Waals surface area contributed by atoms with E-state index in [1.807, 2.05) is 0 Å². The van der Waals surface area contributed by atoms with Gasteiger partial charge in [-0.25, -0.2) is 9.67 Å². The minimum atomic E-state index is -4.70. The lowest BCUT2D eigenvalue weighted by Gasteiger charge is -2.12. The van der Waals surface area contributed by atoms with E-state index in [1.165, 1.54) is 23.3 Å². The first-order valence-electron chi connectivity index (χ1n) is 7.74. The summed E-state index contributed by atoms with van der Waals surface area (Å²) in [6.07, 6.45) is -3.21. The Labute approximate surface area is 153 Å². The fourth-order valence-electron chi connectivity index (χ4n) is 2.97. The number of aryl methyl sites for hydroxylation is 1. The fraction of sp³-hybridized carbons (Fsp3) is 0.357. The van der Waals surface area contributed by atoms with Crippen LogP contribution in [0.1, 0.15) is 12.1 Å². The number of nitrogens with zero attached hydrogens (tertiary/aromatic N) is 5. The Kier molecular flexibility index (Phi) is 3.91. The SMILES string of the molecule is Cn1nc(C(F)(F)F)c2c(NC(=O)C3CC(=O)N(c4nccs4)C3)[nH]nc21. The van der Waals surface area contributed by atoms with Crippen LogP contribution in [0.15, 0.2) is 11.6 Å². The van der Waals surface area contributed by atoms with Crippen molar-refractivity contribution in [1.82, 2.24) is 25.0 Å². The summed E-state index contributed by atoms with van der Waals surface area (Å²) < 4.78 is 40.6. The van der Waals surface area contributed by atoms with Crippen molar-refractivity contribution < 1.29 is 22.8 Å². The van der Waals surface area contributed by atoms with Gasteiger partial charge in [0.2, 0.25) is 11.8 Å². The number of halogens is 3. The van der Waals surface area contributed by atoms with E-state index in [1.54, 1.807) is 11.6 Å². The molecule has 142 valence electrons. The minimum Gasteiger partial charge on any atom is -0.310 e. The maximum atomic E-state index is 13.2. The van der Waals surface area contributed by atoms with Crippen molar-refractivity contribution in [1.29, 1.82) is 0 Å². The molecule has 4 rings (SSSR count). The molecule has 4 heterocycles. The summed E-state index contributed by atoms with van der Waals surface area (Å²) in [5, 5.41) is 13.9. The Morgan fingerprint density at radius 1 is 1.44 bits per heavy atom. The molecule has 9 nitrogen and oxygen atoms in total. The molecule has 3 aromatic heterocycles. The molecular weight excluding hydrogens is 387 g/mol. The van der Waals surface area contributed by atoms with Crippen LogP contribution < -0.4 is 10.2 Å². The number of thiazole rings is 1. The number of anilines is 2. The molecule has 1 unspecified atom stereocenters. The van der Waals surface area contributed by atoms with Gasteiger partial charge in [-0.05, 0) is 0 Å². The first-order chi connectivity index (χ1) is 12.8.